The summed E-state index contributed by atoms with van der Waals surface area (Å²) in [6.45, 7) is 3.75. The van der Waals surface area contributed by atoms with Crippen LogP contribution >= 0.6 is 0 Å². The number of carbonyl (C=O) groups is 1. The molecule has 0 atom stereocenters. The van der Waals surface area contributed by atoms with Crippen LogP contribution in [0.15, 0.2) is 84.0 Å². The molecule has 0 aliphatic rings. The van der Waals surface area contributed by atoms with E-state index in [-0.39, 0.29) is 5.91 Å². The molecule has 8 heteroatoms. The lowest BCUT2D eigenvalue weighted by molar-refractivity contribution is 0.0956. The summed E-state index contributed by atoms with van der Waals surface area (Å²) in [6, 6.07) is 24.0. The Morgan fingerprint density at radius 2 is 1.68 bits per heavy atom. The van der Waals surface area contributed by atoms with Crippen LogP contribution in [-0.4, -0.2) is 31.3 Å². The maximum atomic E-state index is 13.2. The van der Waals surface area contributed by atoms with Crippen LogP contribution in [0.3, 0.4) is 0 Å². The number of para-hydroxylation sites is 1. The number of carbonyl (C=O) groups excluding carboxylic acids is 1. The lowest BCUT2D eigenvalue weighted by Crippen LogP contribution is -2.20. The van der Waals surface area contributed by atoms with E-state index in [2.05, 4.69) is 15.2 Å². The average molecular weight is 473 g/mol. The Balaban J connectivity index is 1.66. The van der Waals surface area contributed by atoms with E-state index in [1.807, 2.05) is 55.5 Å². The number of hydrogen-bond donors (Lipinski definition) is 2. The third-order valence-electron chi connectivity index (χ3n) is 5.29. The Labute approximate surface area is 198 Å². The minimum atomic E-state index is -3.40. The average Bonchev–Trinajstić information content (AvgIpc) is 2.81. The number of aryl methyl sites for hydroxylation is 1. The number of fused-ring (bicyclic) bond motifs is 1. The van der Waals surface area contributed by atoms with Crippen molar-refractivity contribution in [3.05, 3.63) is 95.6 Å². The largest absolute Gasteiger partial charge is 0.284 e. The number of anilines is 1. The topological polar surface area (TPSA) is 101 Å². The second kappa shape index (κ2) is 9.44. The number of nitrogens with one attached hydrogen (secondary N) is 2. The molecule has 4 rings (SSSR count). The summed E-state index contributed by atoms with van der Waals surface area (Å²) in [5.41, 5.74) is 8.17. The minimum absolute atomic E-state index is 0.363. The van der Waals surface area contributed by atoms with Gasteiger partial charge < -0.3 is 0 Å². The van der Waals surface area contributed by atoms with Crippen LogP contribution in [-0.2, 0) is 10.0 Å². The van der Waals surface area contributed by atoms with Crippen molar-refractivity contribution in [1.29, 1.82) is 0 Å². The van der Waals surface area contributed by atoms with E-state index in [1.54, 1.807) is 37.3 Å². The van der Waals surface area contributed by atoms with Crippen LogP contribution < -0.4 is 10.1 Å². The Bertz CT molecular complexity index is 1530. The standard InChI is InChI=1S/C26H24N4O3S/c1-17-9-4-5-12-21(17)25-16-23(22-13-6-7-14-24(22)27-25)26(31)29-28-18(2)19-10-8-11-20(15-19)30-34(3,32)33/h4-16,30H,1-3H3,(H,29,31). The molecule has 0 saturated heterocycles. The molecule has 0 aliphatic carbocycles. The summed E-state index contributed by atoms with van der Waals surface area (Å²) in [7, 11) is -3.40. The summed E-state index contributed by atoms with van der Waals surface area (Å²) >= 11 is 0. The van der Waals surface area contributed by atoms with Crippen molar-refractivity contribution in [2.75, 3.05) is 11.0 Å². The van der Waals surface area contributed by atoms with Crippen LogP contribution in [0.1, 0.15) is 28.4 Å². The lowest BCUT2D eigenvalue weighted by atomic mass is 10.0. The maximum absolute atomic E-state index is 13.2. The zero-order valence-corrected chi connectivity index (χ0v) is 19.8. The van der Waals surface area contributed by atoms with Crippen molar-refractivity contribution in [1.82, 2.24) is 10.4 Å². The van der Waals surface area contributed by atoms with Crippen LogP contribution in [0.5, 0.6) is 0 Å². The quantitative estimate of drug-likeness (QED) is 0.313. The summed E-state index contributed by atoms with van der Waals surface area (Å²) < 4.78 is 25.5. The highest BCUT2D eigenvalue weighted by atomic mass is 32.2. The van der Waals surface area contributed by atoms with Gasteiger partial charge in [0.2, 0.25) is 10.0 Å². The van der Waals surface area contributed by atoms with E-state index < -0.39 is 10.0 Å². The zero-order chi connectivity index (χ0) is 24.3. The number of amides is 1. The normalized spacial score (nSPS) is 11.9. The molecule has 0 aliphatic heterocycles. The smallest absolute Gasteiger partial charge is 0.272 e. The highest BCUT2D eigenvalue weighted by Gasteiger charge is 2.15. The summed E-state index contributed by atoms with van der Waals surface area (Å²) in [5.74, 6) is -0.363. The molecule has 172 valence electrons. The van der Waals surface area contributed by atoms with Gasteiger partial charge >= 0.3 is 0 Å². The molecule has 0 spiro atoms. The van der Waals surface area contributed by atoms with E-state index in [1.165, 1.54) is 0 Å². The molecule has 1 heterocycles. The highest BCUT2D eigenvalue weighted by molar-refractivity contribution is 7.92. The van der Waals surface area contributed by atoms with Gasteiger partial charge in [-0.2, -0.15) is 5.10 Å². The number of hydrogen-bond acceptors (Lipinski definition) is 5. The molecule has 0 radical (unpaired) electrons. The van der Waals surface area contributed by atoms with Gasteiger partial charge in [-0.25, -0.2) is 18.8 Å². The van der Waals surface area contributed by atoms with Crippen LogP contribution in [0.4, 0.5) is 5.69 Å². The first-order chi connectivity index (χ1) is 16.2. The van der Waals surface area contributed by atoms with Crippen LogP contribution in [0.2, 0.25) is 0 Å². The van der Waals surface area contributed by atoms with Gasteiger partial charge in [0, 0.05) is 16.6 Å². The summed E-state index contributed by atoms with van der Waals surface area (Å²) in [4.78, 5) is 17.9. The van der Waals surface area contributed by atoms with Crippen molar-refractivity contribution < 1.29 is 13.2 Å². The van der Waals surface area contributed by atoms with Crippen molar-refractivity contribution in [2.24, 2.45) is 5.10 Å². The molecular weight excluding hydrogens is 448 g/mol. The third kappa shape index (κ3) is 5.29. The fraction of sp³-hybridized carbons (Fsp3) is 0.115. The SMILES string of the molecule is CC(=NNC(=O)c1cc(-c2ccccc2C)nc2ccccc12)c1cccc(NS(C)(=O)=O)c1. The van der Waals surface area contributed by atoms with Crippen molar-refractivity contribution >= 4 is 38.2 Å². The summed E-state index contributed by atoms with van der Waals surface area (Å²) in [5, 5.41) is 4.98. The van der Waals surface area contributed by atoms with E-state index in [4.69, 9.17) is 4.98 Å². The van der Waals surface area contributed by atoms with Crippen LogP contribution in [0, 0.1) is 6.92 Å². The first-order valence-corrected chi connectivity index (χ1v) is 12.5. The van der Waals surface area contributed by atoms with E-state index in [9.17, 15) is 13.2 Å². The molecule has 4 aromatic rings. The lowest BCUT2D eigenvalue weighted by Gasteiger charge is -2.11. The Morgan fingerprint density at radius 1 is 0.941 bits per heavy atom. The van der Waals surface area contributed by atoms with E-state index in [0.717, 1.165) is 22.8 Å². The number of sulfonamides is 1. The van der Waals surface area contributed by atoms with Crippen LogP contribution in [0.25, 0.3) is 22.2 Å². The van der Waals surface area contributed by atoms with Crippen molar-refractivity contribution in [3.63, 3.8) is 0 Å². The fourth-order valence-electron chi connectivity index (χ4n) is 3.64. The van der Waals surface area contributed by atoms with Gasteiger partial charge in [-0.15, -0.1) is 0 Å². The second-order valence-corrected chi connectivity index (χ2v) is 9.73. The molecule has 1 aromatic heterocycles. The molecular formula is C26H24N4O3S. The fourth-order valence-corrected chi connectivity index (χ4v) is 4.20. The monoisotopic (exact) mass is 472 g/mol. The Morgan fingerprint density at radius 3 is 2.44 bits per heavy atom. The molecule has 1 amide bonds. The molecule has 2 N–H and O–H groups in total. The third-order valence-corrected chi connectivity index (χ3v) is 5.90. The maximum Gasteiger partial charge on any atom is 0.272 e. The summed E-state index contributed by atoms with van der Waals surface area (Å²) in [6.07, 6.45) is 1.09. The van der Waals surface area contributed by atoms with Gasteiger partial charge in [0.05, 0.1) is 28.7 Å². The number of nitrogens with zero attached hydrogens (tertiary/aromatic N) is 2. The second-order valence-electron chi connectivity index (χ2n) is 7.98. The molecule has 7 nitrogen and oxygen atoms in total. The molecule has 0 fully saturated rings. The molecule has 0 saturated carbocycles. The highest BCUT2D eigenvalue weighted by Crippen LogP contribution is 2.27. The van der Waals surface area contributed by atoms with Crippen molar-refractivity contribution in [2.45, 2.75) is 13.8 Å². The zero-order valence-electron chi connectivity index (χ0n) is 19.0. The number of benzene rings is 3. The van der Waals surface area contributed by atoms with Gasteiger partial charge in [-0.3, -0.25) is 9.52 Å². The molecule has 34 heavy (non-hydrogen) atoms. The van der Waals surface area contributed by atoms with Gasteiger partial charge in [0.1, 0.15) is 0 Å². The number of rotatable bonds is 6. The first-order valence-electron chi connectivity index (χ1n) is 10.6. The first kappa shape index (κ1) is 23.1. The van der Waals surface area contributed by atoms with Gasteiger partial charge in [0.25, 0.3) is 5.91 Å². The predicted octanol–water partition coefficient (Wildman–Crippen LogP) is 4.74. The molecule has 0 bridgehead atoms. The number of pyridine rings is 1. The molecule has 0 unspecified atom stereocenters. The van der Waals surface area contributed by atoms with E-state index in [0.29, 0.717) is 33.7 Å². The Kier molecular flexibility index (Phi) is 6.43. The van der Waals surface area contributed by atoms with Gasteiger partial charge in [-0.1, -0.05) is 54.6 Å². The van der Waals surface area contributed by atoms with E-state index >= 15 is 0 Å². The minimum Gasteiger partial charge on any atom is -0.284 e. The Hall–Kier alpha value is -4.04. The van der Waals surface area contributed by atoms with Gasteiger partial charge in [0.15, 0.2) is 0 Å². The molecule has 3 aromatic carbocycles. The predicted molar refractivity (Wildman–Crippen MR) is 137 cm³/mol. The number of aromatic nitrogens is 1. The number of hydrazone groups is 1. The van der Waals surface area contributed by atoms with Gasteiger partial charge in [-0.05, 0) is 49.2 Å². The van der Waals surface area contributed by atoms with Crippen molar-refractivity contribution in [3.8, 4) is 11.3 Å².